The molecule has 0 aliphatic carbocycles. The van der Waals surface area contributed by atoms with Crippen LogP contribution in [-0.4, -0.2) is 19.2 Å². The van der Waals surface area contributed by atoms with Crippen molar-refractivity contribution in [2.75, 3.05) is 13.1 Å². The van der Waals surface area contributed by atoms with Crippen LogP contribution in [0, 0.1) is 17.1 Å². The predicted molar refractivity (Wildman–Crippen MR) is 57.6 cm³/mol. The molecule has 0 spiro atoms. The fraction of sp³-hybridized carbons (Fsp3) is 0.417. The summed E-state index contributed by atoms with van der Waals surface area (Å²) in [7, 11) is 0. The van der Waals surface area contributed by atoms with Gasteiger partial charge in [0.25, 0.3) is 0 Å². The molecule has 84 valence electrons. The second-order valence-electron chi connectivity index (χ2n) is 3.81. The fourth-order valence-corrected chi connectivity index (χ4v) is 1.81. The van der Waals surface area contributed by atoms with Crippen molar-refractivity contribution in [2.24, 2.45) is 0 Å². The Hall–Kier alpha value is -1.60. The minimum atomic E-state index is -0.524. The lowest BCUT2D eigenvalue weighted by Crippen LogP contribution is -2.37. The largest absolute Gasteiger partial charge is 0.488 e. The number of nitriles is 1. The van der Waals surface area contributed by atoms with Crippen molar-refractivity contribution in [1.82, 2.24) is 5.32 Å². The molecule has 2 rings (SSSR count). The second kappa shape index (κ2) is 4.95. The Morgan fingerprint density at radius 1 is 1.50 bits per heavy atom. The van der Waals surface area contributed by atoms with Gasteiger partial charge in [0.2, 0.25) is 0 Å². The molecule has 1 N–H and O–H groups in total. The first kappa shape index (κ1) is 10.9. The average molecular weight is 220 g/mol. The molecule has 0 radical (unpaired) electrons. The Balaban J connectivity index is 2.14. The van der Waals surface area contributed by atoms with Gasteiger partial charge in [-0.1, -0.05) is 6.07 Å². The van der Waals surface area contributed by atoms with Gasteiger partial charge in [0, 0.05) is 6.54 Å². The zero-order valence-corrected chi connectivity index (χ0v) is 8.87. The lowest BCUT2D eigenvalue weighted by molar-refractivity contribution is 0.166. The van der Waals surface area contributed by atoms with Gasteiger partial charge in [-0.3, -0.25) is 0 Å². The monoisotopic (exact) mass is 220 g/mol. The van der Waals surface area contributed by atoms with Gasteiger partial charge in [0.05, 0.1) is 0 Å². The van der Waals surface area contributed by atoms with Crippen molar-refractivity contribution < 1.29 is 9.13 Å². The summed E-state index contributed by atoms with van der Waals surface area (Å²) in [6.45, 7) is 1.75. The maximum atomic E-state index is 13.3. The van der Waals surface area contributed by atoms with Crippen LogP contribution in [0.2, 0.25) is 0 Å². The summed E-state index contributed by atoms with van der Waals surface area (Å²) in [5.41, 5.74) is -0.00641. The van der Waals surface area contributed by atoms with Crippen LogP contribution in [0.1, 0.15) is 18.4 Å². The van der Waals surface area contributed by atoms with Crippen molar-refractivity contribution in [3.8, 4) is 11.8 Å². The van der Waals surface area contributed by atoms with E-state index in [1.807, 2.05) is 6.07 Å². The van der Waals surface area contributed by atoms with Crippen LogP contribution in [0.25, 0.3) is 0 Å². The predicted octanol–water partition coefficient (Wildman–Crippen LogP) is 1.83. The molecule has 0 unspecified atom stereocenters. The number of nitrogens with zero attached hydrogens (tertiary/aromatic N) is 1. The third-order valence-corrected chi connectivity index (χ3v) is 2.63. The van der Waals surface area contributed by atoms with Crippen molar-refractivity contribution in [2.45, 2.75) is 18.9 Å². The number of halogens is 1. The lowest BCUT2D eigenvalue weighted by atomic mass is 10.1. The van der Waals surface area contributed by atoms with E-state index in [1.165, 1.54) is 6.07 Å². The minimum Gasteiger partial charge on any atom is -0.488 e. The van der Waals surface area contributed by atoms with Gasteiger partial charge in [-0.25, -0.2) is 4.39 Å². The van der Waals surface area contributed by atoms with Gasteiger partial charge in [0.1, 0.15) is 29.3 Å². The maximum Gasteiger partial charge on any atom is 0.144 e. The van der Waals surface area contributed by atoms with E-state index in [9.17, 15) is 4.39 Å². The first-order valence-corrected chi connectivity index (χ1v) is 5.37. The standard InChI is InChI=1S/C12H13FN2O/c13-11-4-1-5-12(10(11)7-14)16-9-3-2-6-15-8-9/h1,4-5,9,15H,2-3,6,8H2/t9-/m0/s1. The summed E-state index contributed by atoms with van der Waals surface area (Å²) in [5.74, 6) is -0.181. The molecule has 3 nitrogen and oxygen atoms in total. The molecule has 0 amide bonds. The molecule has 16 heavy (non-hydrogen) atoms. The first-order valence-electron chi connectivity index (χ1n) is 5.37. The van der Waals surface area contributed by atoms with Gasteiger partial charge in [0.15, 0.2) is 0 Å². The number of benzene rings is 1. The lowest BCUT2D eigenvalue weighted by Gasteiger charge is -2.24. The highest BCUT2D eigenvalue weighted by molar-refractivity contribution is 5.43. The Kier molecular flexibility index (Phi) is 3.37. The highest BCUT2D eigenvalue weighted by Crippen LogP contribution is 2.22. The Morgan fingerprint density at radius 2 is 2.38 bits per heavy atom. The molecule has 1 saturated heterocycles. The van der Waals surface area contributed by atoms with Gasteiger partial charge >= 0.3 is 0 Å². The van der Waals surface area contributed by atoms with Crippen molar-refractivity contribution >= 4 is 0 Å². The molecule has 1 atom stereocenters. The molecule has 1 aromatic carbocycles. The number of ether oxygens (including phenoxy) is 1. The van der Waals surface area contributed by atoms with Crippen LogP contribution in [0.3, 0.4) is 0 Å². The van der Waals surface area contributed by atoms with Crippen LogP contribution in [0.4, 0.5) is 4.39 Å². The maximum absolute atomic E-state index is 13.3. The molecule has 1 heterocycles. The van der Waals surface area contributed by atoms with E-state index in [-0.39, 0.29) is 11.7 Å². The Morgan fingerprint density at radius 3 is 3.06 bits per heavy atom. The number of piperidine rings is 1. The van der Waals surface area contributed by atoms with Crippen LogP contribution < -0.4 is 10.1 Å². The van der Waals surface area contributed by atoms with Crippen molar-refractivity contribution in [3.63, 3.8) is 0 Å². The first-order chi connectivity index (χ1) is 7.81. The zero-order valence-electron chi connectivity index (χ0n) is 8.87. The summed E-state index contributed by atoms with van der Waals surface area (Å²) in [6.07, 6.45) is 2.01. The van der Waals surface area contributed by atoms with E-state index in [0.717, 1.165) is 25.9 Å². The van der Waals surface area contributed by atoms with Crippen molar-refractivity contribution in [1.29, 1.82) is 5.26 Å². The zero-order chi connectivity index (χ0) is 11.4. The molecular formula is C12H13FN2O. The number of hydrogen-bond donors (Lipinski definition) is 1. The topological polar surface area (TPSA) is 45.0 Å². The Bertz CT molecular complexity index is 408. The van der Waals surface area contributed by atoms with Crippen LogP contribution >= 0.6 is 0 Å². The van der Waals surface area contributed by atoms with Crippen LogP contribution in [0.5, 0.6) is 5.75 Å². The SMILES string of the molecule is N#Cc1c(F)cccc1O[C@H]1CCCNC1. The summed E-state index contributed by atoms with van der Waals surface area (Å²) < 4.78 is 18.9. The van der Waals surface area contributed by atoms with Gasteiger partial charge in [-0.05, 0) is 31.5 Å². The normalized spacial score (nSPS) is 20.1. The molecule has 1 aliphatic heterocycles. The molecule has 0 bridgehead atoms. The molecule has 0 saturated carbocycles. The fourth-order valence-electron chi connectivity index (χ4n) is 1.81. The van der Waals surface area contributed by atoms with E-state index in [4.69, 9.17) is 10.00 Å². The summed E-state index contributed by atoms with van der Waals surface area (Å²) in [4.78, 5) is 0. The van der Waals surface area contributed by atoms with Gasteiger partial charge < -0.3 is 10.1 Å². The third-order valence-electron chi connectivity index (χ3n) is 2.63. The summed E-state index contributed by atoms with van der Waals surface area (Å²) >= 11 is 0. The Labute approximate surface area is 93.8 Å². The van der Waals surface area contributed by atoms with E-state index in [0.29, 0.717) is 5.75 Å². The highest BCUT2D eigenvalue weighted by Gasteiger charge is 2.17. The van der Waals surface area contributed by atoms with Crippen LogP contribution in [-0.2, 0) is 0 Å². The molecular weight excluding hydrogens is 207 g/mol. The number of nitrogens with one attached hydrogen (secondary N) is 1. The molecule has 1 fully saturated rings. The van der Waals surface area contributed by atoms with E-state index in [1.54, 1.807) is 12.1 Å². The quantitative estimate of drug-likeness (QED) is 0.827. The molecule has 4 heteroatoms. The second-order valence-corrected chi connectivity index (χ2v) is 3.81. The average Bonchev–Trinajstić information content (AvgIpc) is 2.31. The van der Waals surface area contributed by atoms with Crippen molar-refractivity contribution in [3.05, 3.63) is 29.6 Å². The number of hydrogen-bond acceptors (Lipinski definition) is 3. The summed E-state index contributed by atoms with van der Waals surface area (Å²) in [5, 5.41) is 12.0. The molecule has 0 aromatic heterocycles. The van der Waals surface area contributed by atoms with E-state index >= 15 is 0 Å². The molecule has 1 aromatic rings. The summed E-state index contributed by atoms with van der Waals surface area (Å²) in [6, 6.07) is 6.29. The minimum absolute atomic E-state index is 0.00641. The third kappa shape index (κ3) is 2.31. The molecule has 1 aliphatic rings. The van der Waals surface area contributed by atoms with Gasteiger partial charge in [-0.15, -0.1) is 0 Å². The smallest absolute Gasteiger partial charge is 0.144 e. The van der Waals surface area contributed by atoms with E-state index < -0.39 is 5.82 Å². The number of rotatable bonds is 2. The van der Waals surface area contributed by atoms with E-state index in [2.05, 4.69) is 5.32 Å². The van der Waals surface area contributed by atoms with Gasteiger partial charge in [-0.2, -0.15) is 5.26 Å². The van der Waals surface area contributed by atoms with Crippen LogP contribution in [0.15, 0.2) is 18.2 Å². The highest BCUT2D eigenvalue weighted by atomic mass is 19.1.